The Labute approximate surface area is 195 Å². The van der Waals surface area contributed by atoms with Crippen molar-refractivity contribution in [2.45, 2.75) is 32.5 Å². The van der Waals surface area contributed by atoms with Gasteiger partial charge in [0.15, 0.2) is 0 Å². The topological polar surface area (TPSA) is 72.8 Å². The summed E-state index contributed by atoms with van der Waals surface area (Å²) in [6, 6.07) is 19.7. The molecule has 0 fully saturated rings. The predicted octanol–water partition coefficient (Wildman–Crippen LogP) is 6.15. The molecule has 3 aromatic rings. The Morgan fingerprint density at radius 1 is 0.882 bits per heavy atom. The molecule has 3 rings (SSSR count). The van der Waals surface area contributed by atoms with Crippen LogP contribution in [0.25, 0.3) is 11.1 Å². The second kappa shape index (κ2) is 12.4. The number of aliphatic carboxylic acids is 1. The number of halogens is 3. The third-order valence-electron chi connectivity index (χ3n) is 4.64. The number of carboxylic acid groups (broad SMARTS) is 1. The van der Waals surface area contributed by atoms with E-state index in [4.69, 9.17) is 14.6 Å². The van der Waals surface area contributed by atoms with Crippen LogP contribution in [0.3, 0.4) is 0 Å². The summed E-state index contributed by atoms with van der Waals surface area (Å²) < 4.78 is 49.0. The van der Waals surface area contributed by atoms with E-state index >= 15 is 0 Å². The number of methoxy groups -OCH3 is 1. The number of ether oxygens (including phenoxy) is 2. The van der Waals surface area contributed by atoms with Gasteiger partial charge in [-0.1, -0.05) is 55.5 Å². The summed E-state index contributed by atoms with van der Waals surface area (Å²) in [6.07, 6.45) is -4.14. The highest BCUT2D eigenvalue weighted by Crippen LogP contribution is 2.32. The van der Waals surface area contributed by atoms with E-state index in [1.54, 1.807) is 25.1 Å². The molecule has 5 nitrogen and oxygen atoms in total. The van der Waals surface area contributed by atoms with Gasteiger partial charge in [-0.3, -0.25) is 9.59 Å². The van der Waals surface area contributed by atoms with E-state index in [2.05, 4.69) is 0 Å². The first-order valence-corrected chi connectivity index (χ1v) is 10.4. The van der Waals surface area contributed by atoms with Gasteiger partial charge >= 0.3 is 18.1 Å². The minimum Gasteiger partial charge on any atom is -0.489 e. The minimum absolute atomic E-state index is 0.0344. The lowest BCUT2D eigenvalue weighted by Gasteiger charge is -2.12. The Bertz CT molecular complexity index is 1080. The number of hydrogen-bond donors (Lipinski definition) is 1. The van der Waals surface area contributed by atoms with Gasteiger partial charge in [-0.05, 0) is 46.5 Å². The Balaban J connectivity index is 0.000000739. The van der Waals surface area contributed by atoms with Gasteiger partial charge in [0, 0.05) is 6.42 Å². The van der Waals surface area contributed by atoms with E-state index in [-0.39, 0.29) is 12.8 Å². The Hall–Kier alpha value is -3.81. The lowest BCUT2D eigenvalue weighted by Crippen LogP contribution is -2.05. The number of hydrogen-bond acceptors (Lipinski definition) is 4. The maximum absolute atomic E-state index is 12.8. The fraction of sp³-hybridized carbons (Fsp3) is 0.231. The zero-order valence-corrected chi connectivity index (χ0v) is 18.8. The smallest absolute Gasteiger partial charge is 0.416 e. The first kappa shape index (κ1) is 26.4. The molecule has 0 spiro atoms. The van der Waals surface area contributed by atoms with Crippen LogP contribution >= 0.6 is 0 Å². The van der Waals surface area contributed by atoms with Crippen molar-refractivity contribution >= 4 is 11.9 Å². The van der Waals surface area contributed by atoms with Gasteiger partial charge in [-0.2, -0.15) is 13.2 Å². The summed E-state index contributed by atoms with van der Waals surface area (Å²) in [6.45, 7) is 1.93. The van der Waals surface area contributed by atoms with Crippen LogP contribution in [0.2, 0.25) is 0 Å². The van der Waals surface area contributed by atoms with Crippen LogP contribution in [0.4, 0.5) is 13.2 Å². The summed E-state index contributed by atoms with van der Waals surface area (Å²) in [5.74, 6) is -0.640. The summed E-state index contributed by atoms with van der Waals surface area (Å²) in [7, 11) is 1.30. The number of rotatable bonds is 7. The molecule has 180 valence electrons. The third-order valence-corrected chi connectivity index (χ3v) is 4.64. The SMILES string of the molecule is CCC(=O)O.COC(=O)Cc1cc(OCc2ccccc2)cc(-c2ccc(C(F)(F)F)cc2)c1. The Morgan fingerprint density at radius 3 is 2.03 bits per heavy atom. The molecule has 0 aromatic heterocycles. The van der Waals surface area contributed by atoms with E-state index in [1.165, 1.54) is 19.2 Å². The maximum Gasteiger partial charge on any atom is 0.416 e. The van der Waals surface area contributed by atoms with Crippen LogP contribution in [0.15, 0.2) is 72.8 Å². The molecule has 0 aliphatic heterocycles. The molecule has 8 heteroatoms. The maximum atomic E-state index is 12.8. The minimum atomic E-state index is -4.39. The van der Waals surface area contributed by atoms with Crippen LogP contribution in [0, 0.1) is 0 Å². The standard InChI is InChI=1S/C23H19F3O3.C3H6O2/c1-28-22(27)13-17-11-19(18-7-9-20(10-8-18)23(24,25)26)14-21(12-17)29-15-16-5-3-2-4-6-16;1-2-3(4)5/h2-12,14H,13,15H2,1H3;2H2,1H3,(H,4,5). The zero-order valence-electron chi connectivity index (χ0n) is 18.8. The van der Waals surface area contributed by atoms with Crippen molar-refractivity contribution in [3.8, 4) is 16.9 Å². The van der Waals surface area contributed by atoms with Gasteiger partial charge in [0.05, 0.1) is 19.1 Å². The fourth-order valence-electron chi connectivity index (χ4n) is 2.84. The first-order valence-electron chi connectivity index (χ1n) is 10.4. The van der Waals surface area contributed by atoms with Crippen molar-refractivity contribution in [2.75, 3.05) is 7.11 Å². The second-order valence-electron chi connectivity index (χ2n) is 7.22. The van der Waals surface area contributed by atoms with Crippen LogP contribution in [0.1, 0.15) is 30.0 Å². The number of carboxylic acids is 1. The molecule has 0 heterocycles. The van der Waals surface area contributed by atoms with Crippen molar-refractivity contribution in [3.63, 3.8) is 0 Å². The van der Waals surface area contributed by atoms with Gasteiger partial charge < -0.3 is 14.6 Å². The normalized spacial score (nSPS) is 10.6. The molecule has 0 atom stereocenters. The summed E-state index contributed by atoms with van der Waals surface area (Å²) in [5.41, 5.74) is 2.16. The molecule has 34 heavy (non-hydrogen) atoms. The molecule has 0 aliphatic rings. The van der Waals surface area contributed by atoms with E-state index in [1.807, 2.05) is 30.3 Å². The van der Waals surface area contributed by atoms with Gasteiger partial charge in [0.25, 0.3) is 0 Å². The van der Waals surface area contributed by atoms with Gasteiger partial charge in [-0.25, -0.2) is 0 Å². The van der Waals surface area contributed by atoms with E-state index < -0.39 is 23.7 Å². The molecule has 0 radical (unpaired) electrons. The summed E-state index contributed by atoms with van der Waals surface area (Å²) in [5, 5.41) is 7.72. The van der Waals surface area contributed by atoms with Crippen molar-refractivity contribution in [1.29, 1.82) is 0 Å². The number of benzene rings is 3. The average molecular weight is 474 g/mol. The van der Waals surface area contributed by atoms with Crippen molar-refractivity contribution < 1.29 is 37.3 Å². The van der Waals surface area contributed by atoms with Gasteiger partial charge in [0.2, 0.25) is 0 Å². The van der Waals surface area contributed by atoms with E-state index in [0.717, 1.165) is 17.7 Å². The second-order valence-corrected chi connectivity index (χ2v) is 7.22. The predicted molar refractivity (Wildman–Crippen MR) is 121 cm³/mol. The zero-order chi connectivity index (χ0) is 25.1. The molecule has 0 saturated heterocycles. The Kier molecular flexibility index (Phi) is 9.67. The first-order chi connectivity index (χ1) is 16.1. The largest absolute Gasteiger partial charge is 0.489 e. The monoisotopic (exact) mass is 474 g/mol. The molecular formula is C26H25F3O5. The van der Waals surface area contributed by atoms with Gasteiger partial charge in [0.1, 0.15) is 12.4 Å². The molecule has 3 aromatic carbocycles. The number of carbonyl (C=O) groups excluding carboxylic acids is 1. The number of esters is 1. The highest BCUT2D eigenvalue weighted by Gasteiger charge is 2.30. The van der Waals surface area contributed by atoms with Gasteiger partial charge in [-0.15, -0.1) is 0 Å². The van der Waals surface area contributed by atoms with E-state index in [9.17, 15) is 22.8 Å². The molecule has 0 unspecified atom stereocenters. The number of carbonyl (C=O) groups is 2. The van der Waals surface area contributed by atoms with Crippen molar-refractivity contribution in [2.24, 2.45) is 0 Å². The molecule has 1 N–H and O–H groups in total. The highest BCUT2D eigenvalue weighted by molar-refractivity contribution is 5.74. The Morgan fingerprint density at radius 2 is 1.50 bits per heavy atom. The average Bonchev–Trinajstić information content (AvgIpc) is 2.83. The molecule has 0 aliphatic carbocycles. The van der Waals surface area contributed by atoms with Crippen molar-refractivity contribution in [3.05, 3.63) is 89.5 Å². The molecule has 0 saturated carbocycles. The lowest BCUT2D eigenvalue weighted by atomic mass is 10.00. The quantitative estimate of drug-likeness (QED) is 0.416. The lowest BCUT2D eigenvalue weighted by molar-refractivity contribution is -0.140. The highest BCUT2D eigenvalue weighted by atomic mass is 19.4. The fourth-order valence-corrected chi connectivity index (χ4v) is 2.84. The van der Waals surface area contributed by atoms with Crippen LogP contribution in [-0.2, 0) is 33.5 Å². The molecule has 0 bridgehead atoms. The third kappa shape index (κ3) is 8.61. The van der Waals surface area contributed by atoms with Crippen LogP contribution < -0.4 is 4.74 Å². The van der Waals surface area contributed by atoms with E-state index in [0.29, 0.717) is 29.0 Å². The van der Waals surface area contributed by atoms with Crippen LogP contribution in [0.5, 0.6) is 5.75 Å². The van der Waals surface area contributed by atoms with Crippen LogP contribution in [-0.4, -0.2) is 24.2 Å². The molecular weight excluding hydrogens is 449 g/mol. The number of alkyl halides is 3. The summed E-state index contributed by atoms with van der Waals surface area (Å²) >= 11 is 0. The summed E-state index contributed by atoms with van der Waals surface area (Å²) in [4.78, 5) is 21.1. The molecule has 0 amide bonds. The van der Waals surface area contributed by atoms with Crippen molar-refractivity contribution in [1.82, 2.24) is 0 Å².